The van der Waals surface area contributed by atoms with Crippen molar-refractivity contribution in [3.8, 4) is 17.2 Å². The topological polar surface area (TPSA) is 92.7 Å². The number of hydrogen-bond acceptors (Lipinski definition) is 7. The maximum absolute atomic E-state index is 11.2. The van der Waals surface area contributed by atoms with E-state index in [1.165, 1.54) is 0 Å². The van der Waals surface area contributed by atoms with Crippen molar-refractivity contribution in [2.45, 2.75) is 33.3 Å². The van der Waals surface area contributed by atoms with E-state index in [-0.39, 0.29) is 0 Å². The molecule has 0 radical (unpaired) electrons. The molecule has 174 valence electrons. The number of carboxylic acid groups (broad SMARTS) is 1. The molecule has 0 aliphatic rings. The number of rotatable bonds is 15. The molecular weight excluding hydrogens is 416 g/mol. The maximum atomic E-state index is 11.2. The third kappa shape index (κ3) is 8.97. The van der Waals surface area contributed by atoms with E-state index < -0.39 is 12.1 Å². The SMILES string of the molecule is CCOOc1cc(/C=C/COc2ccc(C[C@H](OCC)C(=O)O)cc2)cc(OOCC)c1. The predicted octanol–water partition coefficient (Wildman–Crippen LogP) is 4.47. The molecule has 1 atom stereocenters. The van der Waals surface area contributed by atoms with Gasteiger partial charge in [-0.25, -0.2) is 4.79 Å². The first-order valence-electron chi connectivity index (χ1n) is 10.5. The van der Waals surface area contributed by atoms with Gasteiger partial charge in [-0.3, -0.25) is 0 Å². The minimum Gasteiger partial charge on any atom is -0.490 e. The van der Waals surface area contributed by atoms with Gasteiger partial charge in [0.15, 0.2) is 17.6 Å². The van der Waals surface area contributed by atoms with E-state index in [9.17, 15) is 9.90 Å². The van der Waals surface area contributed by atoms with Gasteiger partial charge in [0.1, 0.15) is 12.4 Å². The van der Waals surface area contributed by atoms with E-state index in [0.717, 1.165) is 11.1 Å². The fourth-order valence-corrected chi connectivity index (χ4v) is 2.72. The molecule has 0 aromatic heterocycles. The van der Waals surface area contributed by atoms with Gasteiger partial charge in [-0.2, -0.15) is 9.78 Å². The van der Waals surface area contributed by atoms with E-state index >= 15 is 0 Å². The minimum absolute atomic E-state index is 0.301. The number of aliphatic carboxylic acids is 1. The third-order valence-electron chi connectivity index (χ3n) is 4.09. The lowest BCUT2D eigenvalue weighted by molar-refractivity contribution is -0.207. The Hall–Kier alpha value is -3.07. The summed E-state index contributed by atoms with van der Waals surface area (Å²) in [5.74, 6) is 0.692. The molecule has 0 heterocycles. The van der Waals surface area contributed by atoms with Crippen molar-refractivity contribution in [2.75, 3.05) is 26.4 Å². The first kappa shape index (κ1) is 25.2. The Morgan fingerprint density at radius 1 is 0.906 bits per heavy atom. The second-order valence-corrected chi connectivity index (χ2v) is 6.56. The van der Waals surface area contributed by atoms with Gasteiger partial charge in [-0.15, -0.1) is 0 Å². The van der Waals surface area contributed by atoms with Gasteiger partial charge in [-0.05, 0) is 62.2 Å². The fourth-order valence-electron chi connectivity index (χ4n) is 2.72. The molecular formula is C24H30O8. The second kappa shape index (κ2) is 14.1. The molecule has 0 aliphatic carbocycles. The van der Waals surface area contributed by atoms with Crippen LogP contribution in [0.4, 0.5) is 0 Å². The van der Waals surface area contributed by atoms with Crippen LogP contribution >= 0.6 is 0 Å². The van der Waals surface area contributed by atoms with Crippen LogP contribution in [0, 0.1) is 0 Å². The lowest BCUT2D eigenvalue weighted by Crippen LogP contribution is -2.26. The van der Waals surface area contributed by atoms with Gasteiger partial charge in [-0.1, -0.05) is 18.2 Å². The van der Waals surface area contributed by atoms with Gasteiger partial charge >= 0.3 is 5.97 Å². The molecule has 0 saturated carbocycles. The van der Waals surface area contributed by atoms with Crippen LogP contribution in [0.25, 0.3) is 6.08 Å². The van der Waals surface area contributed by atoms with E-state index in [2.05, 4.69) is 0 Å². The standard InChI is InChI=1S/C24H30O8/c1-4-27-23(24(25)26)16-18-9-11-20(12-10-18)28-13-7-8-19-14-21(31-29-5-2)17-22(15-19)32-30-6-3/h7-12,14-15,17,23H,4-6,13,16H2,1-3H3,(H,25,26)/b8-7+/t23-/m0/s1. The summed E-state index contributed by atoms with van der Waals surface area (Å²) in [7, 11) is 0. The lowest BCUT2D eigenvalue weighted by atomic mass is 10.1. The van der Waals surface area contributed by atoms with Crippen LogP contribution in [0.5, 0.6) is 17.2 Å². The average Bonchev–Trinajstić information content (AvgIpc) is 2.79. The van der Waals surface area contributed by atoms with Crippen LogP contribution in [-0.2, 0) is 25.7 Å². The molecule has 0 saturated heterocycles. The highest BCUT2D eigenvalue weighted by atomic mass is 17.2. The smallest absolute Gasteiger partial charge is 0.333 e. The average molecular weight is 446 g/mol. The first-order chi connectivity index (χ1) is 15.5. The van der Waals surface area contributed by atoms with Gasteiger partial charge in [0.05, 0.1) is 13.2 Å². The van der Waals surface area contributed by atoms with Crippen LogP contribution in [0.2, 0.25) is 0 Å². The number of ether oxygens (including phenoxy) is 2. The fraction of sp³-hybridized carbons (Fsp3) is 0.375. The Bertz CT molecular complexity index is 821. The van der Waals surface area contributed by atoms with Gasteiger partial charge < -0.3 is 24.4 Å². The van der Waals surface area contributed by atoms with Crippen LogP contribution in [0.3, 0.4) is 0 Å². The van der Waals surface area contributed by atoms with Crippen molar-refractivity contribution in [1.29, 1.82) is 0 Å². The summed E-state index contributed by atoms with van der Waals surface area (Å²) in [4.78, 5) is 31.6. The Balaban J connectivity index is 1.93. The van der Waals surface area contributed by atoms with E-state index in [1.54, 1.807) is 37.3 Å². The van der Waals surface area contributed by atoms with Crippen molar-refractivity contribution < 1.29 is 38.9 Å². The molecule has 2 rings (SSSR count). The van der Waals surface area contributed by atoms with Crippen LogP contribution in [0.15, 0.2) is 48.5 Å². The summed E-state index contributed by atoms with van der Waals surface area (Å²) in [5.41, 5.74) is 1.69. The largest absolute Gasteiger partial charge is 0.490 e. The second-order valence-electron chi connectivity index (χ2n) is 6.56. The summed E-state index contributed by atoms with van der Waals surface area (Å²) in [6, 6.07) is 12.5. The van der Waals surface area contributed by atoms with Gasteiger partial charge in [0, 0.05) is 19.1 Å². The molecule has 0 unspecified atom stereocenters. The van der Waals surface area contributed by atoms with Gasteiger partial charge in [0.2, 0.25) is 0 Å². The molecule has 32 heavy (non-hydrogen) atoms. The number of hydrogen-bond donors (Lipinski definition) is 1. The monoisotopic (exact) mass is 446 g/mol. The van der Waals surface area contributed by atoms with Crippen molar-refractivity contribution in [2.24, 2.45) is 0 Å². The summed E-state index contributed by atoms with van der Waals surface area (Å²) >= 11 is 0. The Morgan fingerprint density at radius 3 is 2.06 bits per heavy atom. The molecule has 0 amide bonds. The minimum atomic E-state index is -0.970. The highest BCUT2D eigenvalue weighted by molar-refractivity contribution is 5.72. The van der Waals surface area contributed by atoms with Crippen molar-refractivity contribution >= 4 is 12.0 Å². The molecule has 0 fully saturated rings. The molecule has 0 bridgehead atoms. The van der Waals surface area contributed by atoms with Crippen LogP contribution < -0.4 is 14.5 Å². The number of benzene rings is 2. The Morgan fingerprint density at radius 2 is 1.53 bits per heavy atom. The maximum Gasteiger partial charge on any atom is 0.333 e. The highest BCUT2D eigenvalue weighted by Gasteiger charge is 2.17. The summed E-state index contributed by atoms with van der Waals surface area (Å²) in [6.07, 6.45) is 3.17. The summed E-state index contributed by atoms with van der Waals surface area (Å²) in [5, 5.41) is 9.19. The molecule has 2 aromatic rings. The number of carbonyl (C=O) groups is 1. The first-order valence-corrected chi connectivity index (χ1v) is 10.5. The molecule has 1 N–H and O–H groups in total. The molecule has 2 aromatic carbocycles. The Kier molecular flexibility index (Phi) is 11.1. The summed E-state index contributed by atoms with van der Waals surface area (Å²) in [6.45, 7) is 6.95. The molecule has 0 aliphatic heterocycles. The van der Waals surface area contributed by atoms with E-state index in [0.29, 0.717) is 50.1 Å². The van der Waals surface area contributed by atoms with Crippen molar-refractivity contribution in [1.82, 2.24) is 0 Å². The quantitative estimate of drug-likeness (QED) is 0.316. The van der Waals surface area contributed by atoms with E-state index in [1.807, 2.05) is 38.1 Å². The van der Waals surface area contributed by atoms with E-state index in [4.69, 9.17) is 29.0 Å². The summed E-state index contributed by atoms with van der Waals surface area (Å²) < 4.78 is 11.0. The zero-order valence-corrected chi connectivity index (χ0v) is 18.6. The number of carboxylic acids is 1. The normalized spacial score (nSPS) is 12.0. The molecule has 8 heteroatoms. The zero-order chi connectivity index (χ0) is 23.2. The van der Waals surface area contributed by atoms with Crippen molar-refractivity contribution in [3.63, 3.8) is 0 Å². The van der Waals surface area contributed by atoms with Crippen LogP contribution in [-0.4, -0.2) is 43.6 Å². The molecule has 8 nitrogen and oxygen atoms in total. The van der Waals surface area contributed by atoms with Crippen molar-refractivity contribution in [3.05, 3.63) is 59.7 Å². The lowest BCUT2D eigenvalue weighted by Gasteiger charge is -2.12. The van der Waals surface area contributed by atoms with Crippen LogP contribution in [0.1, 0.15) is 31.9 Å². The predicted molar refractivity (Wildman–Crippen MR) is 119 cm³/mol. The molecule has 0 spiro atoms. The van der Waals surface area contributed by atoms with Gasteiger partial charge in [0.25, 0.3) is 0 Å². The third-order valence-corrected chi connectivity index (χ3v) is 4.09. The zero-order valence-electron chi connectivity index (χ0n) is 18.6. The highest BCUT2D eigenvalue weighted by Crippen LogP contribution is 2.24. The Labute approximate surface area is 188 Å².